The fourth-order valence-electron chi connectivity index (χ4n) is 2.52. The van der Waals surface area contributed by atoms with Gasteiger partial charge in [-0.25, -0.2) is 13.6 Å². The molecule has 6 nitrogen and oxygen atoms in total. The van der Waals surface area contributed by atoms with E-state index in [9.17, 15) is 13.2 Å². The second kappa shape index (κ2) is 8.16. The summed E-state index contributed by atoms with van der Waals surface area (Å²) in [5.74, 6) is 0.541. The fourth-order valence-corrected chi connectivity index (χ4v) is 3.04. The van der Waals surface area contributed by atoms with Gasteiger partial charge in [0.1, 0.15) is 5.75 Å². The summed E-state index contributed by atoms with van der Waals surface area (Å²) in [6.07, 6.45) is 3.24. The van der Waals surface area contributed by atoms with E-state index >= 15 is 0 Å². The van der Waals surface area contributed by atoms with Crippen LogP contribution in [0.1, 0.15) is 22.3 Å². The van der Waals surface area contributed by atoms with E-state index in [2.05, 4.69) is 5.32 Å². The molecule has 0 fully saturated rings. The summed E-state index contributed by atoms with van der Waals surface area (Å²) in [6, 6.07) is 9.88. The molecule has 0 aliphatic heterocycles. The molecule has 0 unspecified atom stereocenters. The third-order valence-electron chi connectivity index (χ3n) is 3.92. The number of methoxy groups -OCH3 is 1. The van der Waals surface area contributed by atoms with Crippen LogP contribution in [0.4, 0.5) is 0 Å². The van der Waals surface area contributed by atoms with Gasteiger partial charge in [-0.1, -0.05) is 12.1 Å². The number of sulfonamides is 1. The van der Waals surface area contributed by atoms with Crippen molar-refractivity contribution in [3.8, 4) is 5.75 Å². The van der Waals surface area contributed by atoms with Crippen molar-refractivity contribution in [1.29, 1.82) is 0 Å². The Balaban J connectivity index is 2.00. The SMILES string of the molecule is COc1cc(C)c(/C=C/C(=O)NCc2ccc(S(N)(=O)=O)cc2)c(C)c1. The van der Waals surface area contributed by atoms with Crippen LogP contribution in [0, 0.1) is 13.8 Å². The van der Waals surface area contributed by atoms with Crippen LogP contribution in [-0.2, 0) is 21.4 Å². The van der Waals surface area contributed by atoms with Gasteiger partial charge in [0, 0.05) is 12.6 Å². The van der Waals surface area contributed by atoms with E-state index in [-0.39, 0.29) is 17.3 Å². The van der Waals surface area contributed by atoms with Crippen molar-refractivity contribution in [2.75, 3.05) is 7.11 Å². The Morgan fingerprint density at radius 3 is 2.23 bits per heavy atom. The van der Waals surface area contributed by atoms with Gasteiger partial charge in [0.2, 0.25) is 15.9 Å². The molecule has 138 valence electrons. The van der Waals surface area contributed by atoms with E-state index in [1.165, 1.54) is 18.2 Å². The zero-order valence-corrected chi connectivity index (χ0v) is 15.8. The predicted octanol–water partition coefficient (Wildman–Crippen LogP) is 2.29. The molecule has 0 heterocycles. The van der Waals surface area contributed by atoms with Crippen molar-refractivity contribution in [2.45, 2.75) is 25.3 Å². The molecule has 2 aromatic rings. The number of nitrogens with two attached hydrogens (primary N) is 1. The number of rotatable bonds is 6. The van der Waals surface area contributed by atoms with E-state index in [0.29, 0.717) is 0 Å². The molecule has 1 amide bonds. The largest absolute Gasteiger partial charge is 0.497 e. The van der Waals surface area contributed by atoms with Crippen LogP contribution >= 0.6 is 0 Å². The summed E-state index contributed by atoms with van der Waals surface area (Å²) in [5, 5.41) is 7.81. The first-order chi connectivity index (χ1) is 12.2. The number of hydrogen-bond donors (Lipinski definition) is 2. The Hall–Kier alpha value is -2.64. The zero-order valence-electron chi connectivity index (χ0n) is 14.9. The second-order valence-electron chi connectivity index (χ2n) is 5.91. The fraction of sp³-hybridized carbons (Fsp3) is 0.211. The third-order valence-corrected chi connectivity index (χ3v) is 4.85. The monoisotopic (exact) mass is 374 g/mol. The molecule has 0 radical (unpaired) electrons. The predicted molar refractivity (Wildman–Crippen MR) is 101 cm³/mol. The molecule has 3 N–H and O–H groups in total. The Bertz CT molecular complexity index is 910. The number of nitrogens with one attached hydrogen (secondary N) is 1. The van der Waals surface area contributed by atoms with Crippen LogP contribution in [0.5, 0.6) is 5.75 Å². The Morgan fingerprint density at radius 2 is 1.73 bits per heavy atom. The number of benzene rings is 2. The molecule has 0 saturated carbocycles. The minimum absolute atomic E-state index is 0.0397. The molecule has 0 aliphatic rings. The molecule has 0 atom stereocenters. The Kier molecular flexibility index (Phi) is 6.18. The van der Waals surface area contributed by atoms with E-state index < -0.39 is 10.0 Å². The summed E-state index contributed by atoms with van der Waals surface area (Å²) < 4.78 is 27.7. The lowest BCUT2D eigenvalue weighted by molar-refractivity contribution is -0.116. The zero-order chi connectivity index (χ0) is 19.3. The number of ether oxygens (including phenoxy) is 1. The normalized spacial score (nSPS) is 11.5. The van der Waals surface area contributed by atoms with Crippen LogP contribution in [0.2, 0.25) is 0 Å². The van der Waals surface area contributed by atoms with Gasteiger partial charge in [-0.3, -0.25) is 4.79 Å². The standard InChI is InChI=1S/C19H22N2O4S/c1-13-10-16(25-3)11-14(2)18(13)8-9-19(22)21-12-15-4-6-17(7-5-15)26(20,23)24/h4-11H,12H2,1-3H3,(H,21,22)(H2,20,23,24)/b9-8+. The highest BCUT2D eigenvalue weighted by molar-refractivity contribution is 7.89. The first-order valence-corrected chi connectivity index (χ1v) is 9.48. The molecular formula is C19H22N2O4S. The van der Waals surface area contributed by atoms with E-state index in [0.717, 1.165) is 28.0 Å². The van der Waals surface area contributed by atoms with Crippen molar-refractivity contribution < 1.29 is 17.9 Å². The van der Waals surface area contributed by atoms with Gasteiger partial charge in [0.15, 0.2) is 0 Å². The van der Waals surface area contributed by atoms with Crippen LogP contribution in [0.25, 0.3) is 6.08 Å². The lowest BCUT2D eigenvalue weighted by Crippen LogP contribution is -2.20. The quantitative estimate of drug-likeness (QED) is 0.758. The molecular weight excluding hydrogens is 352 g/mol. The van der Waals surface area contributed by atoms with Crippen molar-refractivity contribution in [3.63, 3.8) is 0 Å². The van der Waals surface area contributed by atoms with Crippen LogP contribution in [0.3, 0.4) is 0 Å². The van der Waals surface area contributed by atoms with Crippen LogP contribution in [0.15, 0.2) is 47.4 Å². The molecule has 7 heteroatoms. The molecule has 0 aliphatic carbocycles. The lowest BCUT2D eigenvalue weighted by atomic mass is 10.0. The average molecular weight is 374 g/mol. The highest BCUT2D eigenvalue weighted by Gasteiger charge is 2.07. The van der Waals surface area contributed by atoms with Gasteiger partial charge in [0.05, 0.1) is 12.0 Å². The maximum absolute atomic E-state index is 12.0. The molecule has 0 saturated heterocycles. The van der Waals surface area contributed by atoms with Crippen molar-refractivity contribution >= 4 is 22.0 Å². The summed E-state index contributed by atoms with van der Waals surface area (Å²) in [5.41, 5.74) is 3.78. The summed E-state index contributed by atoms with van der Waals surface area (Å²) in [7, 11) is -2.09. The molecule has 0 aromatic heterocycles. The second-order valence-corrected chi connectivity index (χ2v) is 7.48. The van der Waals surface area contributed by atoms with Gasteiger partial charge in [0.25, 0.3) is 0 Å². The molecule has 0 spiro atoms. The van der Waals surface area contributed by atoms with E-state index in [4.69, 9.17) is 9.88 Å². The first-order valence-electron chi connectivity index (χ1n) is 7.93. The number of carbonyl (C=O) groups excluding carboxylic acids is 1. The van der Waals surface area contributed by atoms with Gasteiger partial charge >= 0.3 is 0 Å². The number of hydrogen-bond acceptors (Lipinski definition) is 4. The van der Waals surface area contributed by atoms with Gasteiger partial charge < -0.3 is 10.1 Å². The van der Waals surface area contributed by atoms with Crippen molar-refractivity contribution in [3.05, 3.63) is 64.7 Å². The highest BCUT2D eigenvalue weighted by atomic mass is 32.2. The molecule has 0 bridgehead atoms. The Labute approximate surface area is 153 Å². The highest BCUT2D eigenvalue weighted by Crippen LogP contribution is 2.22. The molecule has 2 rings (SSSR count). The number of carbonyl (C=O) groups is 1. The van der Waals surface area contributed by atoms with Gasteiger partial charge in [-0.15, -0.1) is 0 Å². The number of primary sulfonamides is 1. The minimum Gasteiger partial charge on any atom is -0.497 e. The van der Waals surface area contributed by atoms with Crippen molar-refractivity contribution in [2.24, 2.45) is 5.14 Å². The molecule has 26 heavy (non-hydrogen) atoms. The first kappa shape index (κ1) is 19.7. The maximum atomic E-state index is 12.0. The lowest BCUT2D eigenvalue weighted by Gasteiger charge is -2.09. The van der Waals surface area contributed by atoms with Gasteiger partial charge in [-0.2, -0.15) is 0 Å². The maximum Gasteiger partial charge on any atom is 0.244 e. The smallest absolute Gasteiger partial charge is 0.244 e. The molecule has 2 aromatic carbocycles. The topological polar surface area (TPSA) is 98.5 Å². The van der Waals surface area contributed by atoms with Crippen LogP contribution < -0.4 is 15.2 Å². The number of amides is 1. The summed E-state index contributed by atoms with van der Waals surface area (Å²) in [4.78, 5) is 12.1. The average Bonchev–Trinajstić information content (AvgIpc) is 2.58. The summed E-state index contributed by atoms with van der Waals surface area (Å²) >= 11 is 0. The van der Waals surface area contributed by atoms with Crippen molar-refractivity contribution in [1.82, 2.24) is 5.32 Å². The number of aryl methyl sites for hydroxylation is 2. The third kappa shape index (κ3) is 5.18. The van der Waals surface area contributed by atoms with Gasteiger partial charge in [-0.05, 0) is 66.4 Å². The van der Waals surface area contributed by atoms with E-state index in [1.54, 1.807) is 25.3 Å². The minimum atomic E-state index is -3.71. The van der Waals surface area contributed by atoms with Crippen LogP contribution in [-0.4, -0.2) is 21.4 Å². The Morgan fingerprint density at radius 1 is 1.15 bits per heavy atom. The van der Waals surface area contributed by atoms with E-state index in [1.807, 2.05) is 26.0 Å². The summed E-state index contributed by atoms with van der Waals surface area (Å²) in [6.45, 7) is 4.20.